The van der Waals surface area contributed by atoms with E-state index in [4.69, 9.17) is 10.2 Å². The number of aliphatic hydroxyl groups excluding tert-OH is 1. The van der Waals surface area contributed by atoms with Gasteiger partial charge in [-0.25, -0.2) is 4.79 Å². The van der Waals surface area contributed by atoms with Crippen LogP contribution in [-0.2, 0) is 4.79 Å². The Morgan fingerprint density at radius 2 is 1.78 bits per heavy atom. The Bertz CT molecular complexity index is 436. The Hall–Kier alpha value is -1.88. The third-order valence-electron chi connectivity index (χ3n) is 2.51. The lowest BCUT2D eigenvalue weighted by Gasteiger charge is -2.13. The summed E-state index contributed by atoms with van der Waals surface area (Å²) < 4.78 is 0. The smallest absolute Gasteiger partial charge is 0.326 e. The molecule has 5 nitrogen and oxygen atoms in total. The van der Waals surface area contributed by atoms with Crippen LogP contribution in [0.3, 0.4) is 0 Å². The van der Waals surface area contributed by atoms with E-state index in [-0.39, 0.29) is 13.0 Å². The number of hydrogen-bond donors (Lipinski definition) is 3. The van der Waals surface area contributed by atoms with Crippen LogP contribution in [0.25, 0.3) is 0 Å². The number of carbonyl (C=O) groups is 2. The molecule has 0 fully saturated rings. The Morgan fingerprint density at radius 1 is 1.22 bits per heavy atom. The zero-order chi connectivity index (χ0) is 13.7. The monoisotopic (exact) mass is 251 g/mol. The van der Waals surface area contributed by atoms with Crippen LogP contribution in [0.5, 0.6) is 0 Å². The average molecular weight is 251 g/mol. The van der Waals surface area contributed by atoms with E-state index in [0.717, 1.165) is 11.1 Å². The zero-order valence-corrected chi connectivity index (χ0v) is 10.4. The van der Waals surface area contributed by atoms with Crippen molar-refractivity contribution in [2.45, 2.75) is 26.3 Å². The number of benzene rings is 1. The summed E-state index contributed by atoms with van der Waals surface area (Å²) in [5.74, 6) is -1.59. The fourth-order valence-corrected chi connectivity index (χ4v) is 1.73. The fourth-order valence-electron chi connectivity index (χ4n) is 1.73. The van der Waals surface area contributed by atoms with E-state index in [2.05, 4.69) is 5.32 Å². The maximum Gasteiger partial charge on any atom is 0.326 e. The third-order valence-corrected chi connectivity index (χ3v) is 2.51. The molecule has 0 aromatic heterocycles. The molecule has 1 amide bonds. The highest BCUT2D eigenvalue weighted by Gasteiger charge is 2.20. The summed E-state index contributed by atoms with van der Waals surface area (Å²) in [4.78, 5) is 22.7. The molecule has 0 spiro atoms. The van der Waals surface area contributed by atoms with E-state index in [0.29, 0.717) is 5.56 Å². The summed E-state index contributed by atoms with van der Waals surface area (Å²) in [6.45, 7) is 3.45. The van der Waals surface area contributed by atoms with E-state index in [1.807, 2.05) is 19.9 Å². The Kier molecular flexibility index (Phi) is 4.85. The lowest BCUT2D eigenvalue weighted by molar-refractivity contribution is -0.139. The van der Waals surface area contributed by atoms with Gasteiger partial charge < -0.3 is 15.5 Å². The van der Waals surface area contributed by atoms with Gasteiger partial charge in [0.05, 0.1) is 0 Å². The summed E-state index contributed by atoms with van der Waals surface area (Å²) >= 11 is 0. The van der Waals surface area contributed by atoms with Gasteiger partial charge >= 0.3 is 5.97 Å². The lowest BCUT2D eigenvalue weighted by atomic mass is 10.1. The number of aryl methyl sites for hydroxylation is 2. The number of amides is 1. The van der Waals surface area contributed by atoms with Crippen molar-refractivity contribution in [3.8, 4) is 0 Å². The molecule has 0 bridgehead atoms. The standard InChI is InChI=1S/C13H17NO4/c1-8-5-9(2)7-10(6-8)12(16)14-11(3-4-15)13(17)18/h5-7,11,15H,3-4H2,1-2H3,(H,14,16)(H,17,18). The first-order valence-corrected chi connectivity index (χ1v) is 5.67. The van der Waals surface area contributed by atoms with Crippen molar-refractivity contribution in [2.24, 2.45) is 0 Å². The van der Waals surface area contributed by atoms with E-state index < -0.39 is 17.9 Å². The molecule has 0 aliphatic heterocycles. The molecule has 3 N–H and O–H groups in total. The first kappa shape index (κ1) is 14.2. The van der Waals surface area contributed by atoms with Gasteiger partial charge in [0.15, 0.2) is 0 Å². The number of rotatable bonds is 5. The van der Waals surface area contributed by atoms with Crippen molar-refractivity contribution >= 4 is 11.9 Å². The minimum absolute atomic E-state index is 0.00806. The average Bonchev–Trinajstić information content (AvgIpc) is 2.26. The SMILES string of the molecule is Cc1cc(C)cc(C(=O)NC(CCO)C(=O)O)c1. The second kappa shape index (κ2) is 6.16. The third kappa shape index (κ3) is 3.85. The number of aliphatic hydroxyl groups is 1. The fraction of sp³-hybridized carbons (Fsp3) is 0.385. The van der Waals surface area contributed by atoms with Gasteiger partial charge in [-0.05, 0) is 26.0 Å². The van der Waals surface area contributed by atoms with Crippen LogP contribution in [-0.4, -0.2) is 34.7 Å². The van der Waals surface area contributed by atoms with Gasteiger partial charge in [0.25, 0.3) is 5.91 Å². The van der Waals surface area contributed by atoms with Crippen LogP contribution in [0.4, 0.5) is 0 Å². The molecule has 0 saturated carbocycles. The van der Waals surface area contributed by atoms with Crippen LogP contribution in [0.1, 0.15) is 27.9 Å². The van der Waals surface area contributed by atoms with Crippen molar-refractivity contribution in [3.63, 3.8) is 0 Å². The van der Waals surface area contributed by atoms with Crippen molar-refractivity contribution in [2.75, 3.05) is 6.61 Å². The molecule has 1 unspecified atom stereocenters. The molecule has 0 aliphatic carbocycles. The van der Waals surface area contributed by atoms with Crippen LogP contribution >= 0.6 is 0 Å². The molecule has 0 saturated heterocycles. The number of hydrogen-bond acceptors (Lipinski definition) is 3. The summed E-state index contributed by atoms with van der Waals surface area (Å²) in [6.07, 6.45) is -0.00806. The van der Waals surface area contributed by atoms with Gasteiger partial charge in [0, 0.05) is 18.6 Å². The second-order valence-corrected chi connectivity index (χ2v) is 4.25. The number of aliphatic carboxylic acids is 1. The van der Waals surface area contributed by atoms with Gasteiger partial charge in [0.2, 0.25) is 0 Å². The summed E-state index contributed by atoms with van der Waals surface area (Å²) in [6, 6.07) is 4.25. The van der Waals surface area contributed by atoms with Crippen LogP contribution in [0.15, 0.2) is 18.2 Å². The van der Waals surface area contributed by atoms with E-state index in [9.17, 15) is 9.59 Å². The van der Waals surface area contributed by atoms with Crippen molar-refractivity contribution in [1.29, 1.82) is 0 Å². The highest BCUT2D eigenvalue weighted by molar-refractivity contribution is 5.96. The van der Waals surface area contributed by atoms with E-state index in [1.54, 1.807) is 12.1 Å². The molecule has 98 valence electrons. The molecule has 0 radical (unpaired) electrons. The minimum Gasteiger partial charge on any atom is -0.480 e. The van der Waals surface area contributed by atoms with Crippen LogP contribution in [0.2, 0.25) is 0 Å². The maximum atomic E-state index is 11.9. The Morgan fingerprint density at radius 3 is 2.22 bits per heavy atom. The number of nitrogens with one attached hydrogen (secondary N) is 1. The van der Waals surface area contributed by atoms with Gasteiger partial charge in [-0.15, -0.1) is 0 Å². The normalized spacial score (nSPS) is 11.9. The predicted molar refractivity (Wildman–Crippen MR) is 66.5 cm³/mol. The quantitative estimate of drug-likeness (QED) is 0.724. The molecule has 1 aromatic carbocycles. The minimum atomic E-state index is -1.15. The largest absolute Gasteiger partial charge is 0.480 e. The van der Waals surface area contributed by atoms with Crippen LogP contribution in [0, 0.1) is 13.8 Å². The van der Waals surface area contributed by atoms with Crippen molar-refractivity contribution in [3.05, 3.63) is 34.9 Å². The molecule has 5 heteroatoms. The first-order valence-electron chi connectivity index (χ1n) is 5.67. The lowest BCUT2D eigenvalue weighted by Crippen LogP contribution is -2.41. The van der Waals surface area contributed by atoms with E-state index >= 15 is 0 Å². The topological polar surface area (TPSA) is 86.6 Å². The Labute approximate surface area is 105 Å². The Balaban J connectivity index is 2.83. The highest BCUT2D eigenvalue weighted by atomic mass is 16.4. The number of carboxylic acid groups (broad SMARTS) is 1. The maximum absolute atomic E-state index is 11.9. The van der Waals surface area contributed by atoms with Crippen molar-refractivity contribution < 1.29 is 19.8 Å². The zero-order valence-electron chi connectivity index (χ0n) is 10.4. The summed E-state index contributed by atoms with van der Waals surface area (Å²) in [5, 5.41) is 20.0. The van der Waals surface area contributed by atoms with Crippen molar-refractivity contribution in [1.82, 2.24) is 5.32 Å². The summed E-state index contributed by atoms with van der Waals surface area (Å²) in [7, 11) is 0. The van der Waals surface area contributed by atoms with Gasteiger partial charge in [-0.3, -0.25) is 4.79 Å². The van der Waals surface area contributed by atoms with Gasteiger partial charge in [-0.2, -0.15) is 0 Å². The van der Waals surface area contributed by atoms with Gasteiger partial charge in [0.1, 0.15) is 6.04 Å². The van der Waals surface area contributed by atoms with Crippen LogP contribution < -0.4 is 5.32 Å². The molecule has 0 heterocycles. The molecule has 0 aliphatic rings. The molecule has 18 heavy (non-hydrogen) atoms. The van der Waals surface area contributed by atoms with E-state index in [1.165, 1.54) is 0 Å². The molecule has 1 atom stereocenters. The van der Waals surface area contributed by atoms with Gasteiger partial charge in [-0.1, -0.05) is 17.2 Å². The highest BCUT2D eigenvalue weighted by Crippen LogP contribution is 2.09. The predicted octanol–water partition coefficient (Wildman–Crippen LogP) is 0.869. The molecular weight excluding hydrogens is 234 g/mol. The number of carbonyl (C=O) groups excluding carboxylic acids is 1. The second-order valence-electron chi connectivity index (χ2n) is 4.25. The molecular formula is C13H17NO4. The first-order chi connectivity index (χ1) is 8.43. The molecule has 1 aromatic rings. The molecule has 1 rings (SSSR count). The number of carboxylic acids is 1. The summed E-state index contributed by atoms with van der Waals surface area (Å²) in [5.41, 5.74) is 2.31.